The lowest BCUT2D eigenvalue weighted by atomic mass is 10.1. The number of amides is 1. The Kier molecular flexibility index (Phi) is 6.12. The quantitative estimate of drug-likeness (QED) is 0.874. The van der Waals surface area contributed by atoms with Gasteiger partial charge in [-0.1, -0.05) is 18.2 Å². The van der Waals surface area contributed by atoms with Crippen molar-refractivity contribution < 1.29 is 4.79 Å². The number of carbonyl (C=O) groups is 1. The number of rotatable bonds is 3. The number of anilines is 1. The molecule has 1 amide bonds. The van der Waals surface area contributed by atoms with Gasteiger partial charge in [0, 0.05) is 18.3 Å². The fourth-order valence-corrected chi connectivity index (χ4v) is 2.16. The summed E-state index contributed by atoms with van der Waals surface area (Å²) < 4.78 is 0. The molecule has 18 heavy (non-hydrogen) atoms. The summed E-state index contributed by atoms with van der Waals surface area (Å²) in [6, 6.07) is 9.74. The van der Waals surface area contributed by atoms with Gasteiger partial charge >= 0.3 is 0 Å². The summed E-state index contributed by atoms with van der Waals surface area (Å²) in [6.07, 6.45) is 2.15. The molecule has 0 spiro atoms. The lowest BCUT2D eigenvalue weighted by Crippen LogP contribution is -2.45. The van der Waals surface area contributed by atoms with Crippen LogP contribution in [0.2, 0.25) is 0 Å². The highest BCUT2D eigenvalue weighted by Gasteiger charge is 2.18. The molecule has 1 saturated heterocycles. The van der Waals surface area contributed by atoms with Crippen molar-refractivity contribution in [2.75, 3.05) is 25.0 Å². The highest BCUT2D eigenvalue weighted by molar-refractivity contribution is 5.92. The second-order valence-corrected chi connectivity index (χ2v) is 4.55. The van der Waals surface area contributed by atoms with Crippen LogP contribution in [0.3, 0.4) is 0 Å². The molecular formula is C13H20ClN3O. The van der Waals surface area contributed by atoms with Gasteiger partial charge in [-0.2, -0.15) is 0 Å². The third-order valence-electron chi connectivity index (χ3n) is 2.97. The summed E-state index contributed by atoms with van der Waals surface area (Å²) in [6.45, 7) is 2.22. The highest BCUT2D eigenvalue weighted by Crippen LogP contribution is 2.09. The molecule has 0 aromatic heterocycles. The standard InChI is InChI=1S/C13H19N3O.ClH/c14-11-5-4-8-16(9-11)10-13(17)15-12-6-2-1-3-7-12;/h1-3,6-7,11H,4-5,8-10,14H2,(H,15,17);1H. The molecule has 100 valence electrons. The van der Waals surface area contributed by atoms with Crippen molar-refractivity contribution in [2.45, 2.75) is 18.9 Å². The van der Waals surface area contributed by atoms with Crippen molar-refractivity contribution in [3.63, 3.8) is 0 Å². The van der Waals surface area contributed by atoms with Gasteiger partial charge in [-0.25, -0.2) is 0 Å². The van der Waals surface area contributed by atoms with E-state index in [9.17, 15) is 4.79 Å². The summed E-state index contributed by atoms with van der Waals surface area (Å²) in [5, 5.41) is 2.88. The lowest BCUT2D eigenvalue weighted by molar-refractivity contribution is -0.117. The predicted molar refractivity (Wildman–Crippen MR) is 76.0 cm³/mol. The Morgan fingerprint density at radius 2 is 2.11 bits per heavy atom. The van der Waals surface area contributed by atoms with Crippen molar-refractivity contribution in [3.05, 3.63) is 30.3 Å². The highest BCUT2D eigenvalue weighted by atomic mass is 35.5. The summed E-state index contributed by atoms with van der Waals surface area (Å²) in [5.74, 6) is 0.0327. The molecule has 1 atom stereocenters. The van der Waals surface area contributed by atoms with Crippen molar-refractivity contribution in [1.82, 2.24) is 4.90 Å². The summed E-state index contributed by atoms with van der Waals surface area (Å²) >= 11 is 0. The predicted octanol–water partition coefficient (Wildman–Crippen LogP) is 1.47. The van der Waals surface area contributed by atoms with Crippen LogP contribution in [0.1, 0.15) is 12.8 Å². The van der Waals surface area contributed by atoms with Gasteiger partial charge in [0.15, 0.2) is 0 Å². The van der Waals surface area contributed by atoms with Gasteiger partial charge in [-0.05, 0) is 31.5 Å². The number of para-hydroxylation sites is 1. The molecule has 1 aliphatic heterocycles. The molecule has 3 N–H and O–H groups in total. The monoisotopic (exact) mass is 269 g/mol. The van der Waals surface area contributed by atoms with Crippen LogP contribution in [-0.4, -0.2) is 36.5 Å². The number of nitrogens with zero attached hydrogens (tertiary/aromatic N) is 1. The molecule has 1 heterocycles. The van der Waals surface area contributed by atoms with E-state index >= 15 is 0 Å². The zero-order chi connectivity index (χ0) is 12.1. The Morgan fingerprint density at radius 3 is 2.78 bits per heavy atom. The maximum atomic E-state index is 11.8. The van der Waals surface area contributed by atoms with Gasteiger partial charge < -0.3 is 11.1 Å². The Morgan fingerprint density at radius 1 is 1.39 bits per heavy atom. The van der Waals surface area contributed by atoms with E-state index in [2.05, 4.69) is 10.2 Å². The second kappa shape index (κ2) is 7.36. The van der Waals surface area contributed by atoms with Gasteiger partial charge in [-0.15, -0.1) is 12.4 Å². The Balaban J connectivity index is 0.00000162. The second-order valence-electron chi connectivity index (χ2n) is 4.55. The van der Waals surface area contributed by atoms with Crippen molar-refractivity contribution >= 4 is 24.0 Å². The van der Waals surface area contributed by atoms with E-state index in [1.165, 1.54) is 0 Å². The molecule has 0 radical (unpaired) electrons. The first kappa shape index (κ1) is 15.0. The number of benzene rings is 1. The van der Waals surface area contributed by atoms with E-state index in [-0.39, 0.29) is 24.4 Å². The van der Waals surface area contributed by atoms with Gasteiger partial charge in [0.2, 0.25) is 5.91 Å². The fourth-order valence-electron chi connectivity index (χ4n) is 2.16. The van der Waals surface area contributed by atoms with Crippen molar-refractivity contribution in [2.24, 2.45) is 5.73 Å². The van der Waals surface area contributed by atoms with E-state index < -0.39 is 0 Å². The lowest BCUT2D eigenvalue weighted by Gasteiger charge is -2.29. The van der Waals surface area contributed by atoms with Gasteiger partial charge in [0.1, 0.15) is 0 Å². The minimum atomic E-state index is 0. The molecule has 0 aliphatic carbocycles. The topological polar surface area (TPSA) is 58.4 Å². The zero-order valence-electron chi connectivity index (χ0n) is 10.3. The molecule has 1 aromatic rings. The third kappa shape index (κ3) is 4.64. The molecule has 0 saturated carbocycles. The van der Waals surface area contributed by atoms with E-state index in [0.29, 0.717) is 6.54 Å². The van der Waals surface area contributed by atoms with E-state index in [1.54, 1.807) is 0 Å². The number of hydrogen-bond acceptors (Lipinski definition) is 3. The average Bonchev–Trinajstić information content (AvgIpc) is 2.30. The maximum Gasteiger partial charge on any atom is 0.238 e. The largest absolute Gasteiger partial charge is 0.327 e. The van der Waals surface area contributed by atoms with Crippen LogP contribution in [0.15, 0.2) is 30.3 Å². The Hall–Kier alpha value is -1.10. The smallest absolute Gasteiger partial charge is 0.238 e. The number of carbonyl (C=O) groups excluding carboxylic acids is 1. The van der Waals surface area contributed by atoms with Gasteiger partial charge in [-0.3, -0.25) is 9.69 Å². The van der Waals surface area contributed by atoms with Crippen LogP contribution in [0, 0.1) is 0 Å². The first-order chi connectivity index (χ1) is 8.24. The SMILES string of the molecule is Cl.NC1CCCN(CC(=O)Nc2ccccc2)C1. The summed E-state index contributed by atoms with van der Waals surface area (Å²) in [5.41, 5.74) is 6.73. The number of nitrogens with two attached hydrogens (primary N) is 1. The minimum Gasteiger partial charge on any atom is -0.327 e. The number of piperidine rings is 1. The molecule has 2 rings (SSSR count). The summed E-state index contributed by atoms with van der Waals surface area (Å²) in [4.78, 5) is 13.9. The molecule has 1 unspecified atom stereocenters. The third-order valence-corrected chi connectivity index (χ3v) is 2.97. The first-order valence-corrected chi connectivity index (χ1v) is 6.07. The van der Waals surface area contributed by atoms with Crippen LogP contribution in [0.5, 0.6) is 0 Å². The number of nitrogens with one attached hydrogen (secondary N) is 1. The fraction of sp³-hybridized carbons (Fsp3) is 0.462. The molecule has 0 bridgehead atoms. The van der Waals surface area contributed by atoms with E-state index in [4.69, 9.17) is 5.73 Å². The first-order valence-electron chi connectivity index (χ1n) is 6.07. The van der Waals surface area contributed by atoms with Crippen LogP contribution in [0.25, 0.3) is 0 Å². The Bertz CT molecular complexity index is 372. The van der Waals surface area contributed by atoms with Gasteiger partial charge in [0.25, 0.3) is 0 Å². The minimum absolute atomic E-state index is 0. The van der Waals surface area contributed by atoms with Gasteiger partial charge in [0.05, 0.1) is 6.54 Å². The molecular weight excluding hydrogens is 250 g/mol. The molecule has 4 nitrogen and oxygen atoms in total. The number of halogens is 1. The maximum absolute atomic E-state index is 11.8. The number of hydrogen-bond donors (Lipinski definition) is 2. The molecule has 5 heteroatoms. The zero-order valence-corrected chi connectivity index (χ0v) is 11.2. The van der Waals surface area contributed by atoms with Crippen molar-refractivity contribution in [1.29, 1.82) is 0 Å². The molecule has 1 aromatic carbocycles. The van der Waals surface area contributed by atoms with Crippen LogP contribution < -0.4 is 11.1 Å². The number of likely N-dealkylation sites (tertiary alicyclic amines) is 1. The van der Waals surface area contributed by atoms with Crippen LogP contribution >= 0.6 is 12.4 Å². The Labute approximate surface area is 114 Å². The normalized spacial score (nSPS) is 19.9. The van der Waals surface area contributed by atoms with Crippen LogP contribution in [0.4, 0.5) is 5.69 Å². The van der Waals surface area contributed by atoms with E-state index in [1.807, 2.05) is 30.3 Å². The van der Waals surface area contributed by atoms with Crippen LogP contribution in [-0.2, 0) is 4.79 Å². The average molecular weight is 270 g/mol. The van der Waals surface area contributed by atoms with Crippen molar-refractivity contribution in [3.8, 4) is 0 Å². The molecule has 1 aliphatic rings. The summed E-state index contributed by atoms with van der Waals surface area (Å²) in [7, 11) is 0. The molecule has 1 fully saturated rings. The van der Waals surface area contributed by atoms with E-state index in [0.717, 1.165) is 31.6 Å².